The Labute approximate surface area is 102 Å². The molecule has 1 aromatic rings. The first-order valence-electron chi connectivity index (χ1n) is 5.19. The quantitative estimate of drug-likeness (QED) is 0.619. The van der Waals surface area contributed by atoms with Crippen molar-refractivity contribution < 1.29 is 14.3 Å². The summed E-state index contributed by atoms with van der Waals surface area (Å²) in [5.41, 5.74) is 5.20. The molecule has 1 atom stereocenters. The molecule has 18 heavy (non-hydrogen) atoms. The fourth-order valence-corrected chi connectivity index (χ4v) is 1.91. The number of nitrogens with two attached hydrogens (primary N) is 1. The lowest BCUT2D eigenvalue weighted by molar-refractivity contribution is -0.125. The molecule has 8 heteroatoms. The number of ether oxygens (including phenoxy) is 1. The van der Waals surface area contributed by atoms with Crippen molar-refractivity contribution >= 4 is 17.6 Å². The second-order valence-electron chi connectivity index (χ2n) is 3.93. The van der Waals surface area contributed by atoms with Crippen LogP contribution in [0.4, 0.5) is 5.82 Å². The number of nitrogens with zero attached hydrogens (tertiary/aromatic N) is 2. The first-order valence-corrected chi connectivity index (χ1v) is 5.19. The topological polar surface area (TPSA) is 116 Å². The number of nitrogens with one attached hydrogen (secondary N) is 1. The van der Waals surface area contributed by atoms with Crippen LogP contribution < -0.4 is 21.3 Å². The van der Waals surface area contributed by atoms with Crippen LogP contribution >= 0.6 is 0 Å². The standard InChI is InChI=1S/C10H12N4O4/c1-14-9(17)6(7(11)13-10(14)18-2)4-3-5(15)12-8(4)16/h4H,3,11H2,1-2H3,(H,12,15,16). The molecule has 1 unspecified atom stereocenters. The lowest BCUT2D eigenvalue weighted by atomic mass is 9.99. The number of methoxy groups -OCH3 is 1. The van der Waals surface area contributed by atoms with Gasteiger partial charge in [0.15, 0.2) is 0 Å². The van der Waals surface area contributed by atoms with Crippen LogP contribution in [0.1, 0.15) is 17.9 Å². The van der Waals surface area contributed by atoms with E-state index >= 15 is 0 Å². The van der Waals surface area contributed by atoms with Crippen molar-refractivity contribution in [1.82, 2.24) is 14.9 Å². The first kappa shape index (κ1) is 12.1. The predicted molar refractivity (Wildman–Crippen MR) is 61.0 cm³/mol. The maximum atomic E-state index is 12.1. The number of carbonyl (C=O) groups is 2. The first-order chi connectivity index (χ1) is 8.45. The van der Waals surface area contributed by atoms with Gasteiger partial charge in [0, 0.05) is 13.5 Å². The van der Waals surface area contributed by atoms with E-state index in [1.54, 1.807) is 0 Å². The number of amides is 2. The number of hydrogen-bond donors (Lipinski definition) is 2. The van der Waals surface area contributed by atoms with Crippen molar-refractivity contribution in [3.8, 4) is 6.01 Å². The second kappa shape index (κ2) is 4.13. The third-order valence-corrected chi connectivity index (χ3v) is 2.81. The molecule has 0 saturated carbocycles. The van der Waals surface area contributed by atoms with E-state index in [1.165, 1.54) is 14.2 Å². The highest BCUT2D eigenvalue weighted by Gasteiger charge is 2.36. The average molecular weight is 252 g/mol. The highest BCUT2D eigenvalue weighted by atomic mass is 16.5. The van der Waals surface area contributed by atoms with Crippen LogP contribution in [0.3, 0.4) is 0 Å². The number of rotatable bonds is 2. The Morgan fingerprint density at radius 2 is 2.11 bits per heavy atom. The summed E-state index contributed by atoms with van der Waals surface area (Å²) in [6.45, 7) is 0. The molecule has 2 amide bonds. The Morgan fingerprint density at radius 3 is 2.61 bits per heavy atom. The second-order valence-corrected chi connectivity index (χ2v) is 3.93. The van der Waals surface area contributed by atoms with Crippen LogP contribution in [0.2, 0.25) is 0 Å². The van der Waals surface area contributed by atoms with Gasteiger partial charge in [-0.25, -0.2) is 0 Å². The van der Waals surface area contributed by atoms with Crippen LogP contribution in [0.25, 0.3) is 0 Å². The van der Waals surface area contributed by atoms with Crippen LogP contribution in [0, 0.1) is 0 Å². The molecule has 1 aromatic heterocycles. The number of nitrogen functional groups attached to an aromatic ring is 1. The zero-order chi connectivity index (χ0) is 13.4. The molecule has 1 aliphatic heterocycles. The molecule has 0 aliphatic carbocycles. The highest BCUT2D eigenvalue weighted by molar-refractivity contribution is 6.06. The Balaban J connectivity index is 2.59. The molecule has 1 saturated heterocycles. The minimum Gasteiger partial charge on any atom is -0.468 e. The fraction of sp³-hybridized carbons (Fsp3) is 0.400. The molecule has 2 rings (SSSR count). The van der Waals surface area contributed by atoms with Crippen molar-refractivity contribution in [3.63, 3.8) is 0 Å². The molecule has 0 radical (unpaired) electrons. The van der Waals surface area contributed by atoms with Gasteiger partial charge in [0.05, 0.1) is 18.6 Å². The van der Waals surface area contributed by atoms with Crippen LogP contribution in [0.5, 0.6) is 6.01 Å². The largest absolute Gasteiger partial charge is 0.468 e. The molecule has 0 aromatic carbocycles. The Kier molecular flexibility index (Phi) is 2.77. The summed E-state index contributed by atoms with van der Waals surface area (Å²) in [5.74, 6) is -1.93. The number of aromatic nitrogens is 2. The smallest absolute Gasteiger partial charge is 0.300 e. The fourth-order valence-electron chi connectivity index (χ4n) is 1.91. The van der Waals surface area contributed by atoms with Gasteiger partial charge in [0.25, 0.3) is 5.56 Å². The van der Waals surface area contributed by atoms with Crippen LogP contribution in [-0.2, 0) is 16.6 Å². The van der Waals surface area contributed by atoms with E-state index in [4.69, 9.17) is 10.5 Å². The number of imide groups is 1. The Morgan fingerprint density at radius 1 is 1.44 bits per heavy atom. The number of carbonyl (C=O) groups excluding carboxylic acids is 2. The van der Waals surface area contributed by atoms with Gasteiger partial charge in [-0.15, -0.1) is 0 Å². The summed E-state index contributed by atoms with van der Waals surface area (Å²) in [7, 11) is 2.80. The summed E-state index contributed by atoms with van der Waals surface area (Å²) < 4.78 is 6.02. The third-order valence-electron chi connectivity index (χ3n) is 2.81. The van der Waals surface area contributed by atoms with Gasteiger partial charge in [-0.3, -0.25) is 24.3 Å². The molecular weight excluding hydrogens is 240 g/mol. The monoisotopic (exact) mass is 252 g/mol. The van der Waals surface area contributed by atoms with E-state index in [0.29, 0.717) is 0 Å². The summed E-state index contributed by atoms with van der Waals surface area (Å²) in [5, 5.41) is 2.13. The molecule has 0 bridgehead atoms. The lowest BCUT2D eigenvalue weighted by Crippen LogP contribution is -2.30. The zero-order valence-electron chi connectivity index (χ0n) is 9.89. The van der Waals surface area contributed by atoms with Gasteiger partial charge < -0.3 is 10.5 Å². The lowest BCUT2D eigenvalue weighted by Gasteiger charge is -2.12. The number of hydrogen-bond acceptors (Lipinski definition) is 6. The molecule has 0 spiro atoms. The minimum absolute atomic E-state index is 0.0293. The molecular formula is C10H12N4O4. The van der Waals surface area contributed by atoms with Gasteiger partial charge in [-0.05, 0) is 0 Å². The van der Waals surface area contributed by atoms with Gasteiger partial charge in [-0.2, -0.15) is 4.98 Å². The van der Waals surface area contributed by atoms with Crippen molar-refractivity contribution in [2.75, 3.05) is 12.8 Å². The van der Waals surface area contributed by atoms with Crippen molar-refractivity contribution in [3.05, 3.63) is 15.9 Å². The third kappa shape index (κ3) is 1.71. The predicted octanol–water partition coefficient (Wildman–Crippen LogP) is -1.50. The van der Waals surface area contributed by atoms with Gasteiger partial charge in [0.1, 0.15) is 5.82 Å². The molecule has 3 N–H and O–H groups in total. The van der Waals surface area contributed by atoms with Crippen molar-refractivity contribution in [2.24, 2.45) is 7.05 Å². The van der Waals surface area contributed by atoms with Gasteiger partial charge in [-0.1, -0.05) is 0 Å². The molecule has 1 fully saturated rings. The summed E-state index contributed by atoms with van der Waals surface area (Å²) in [4.78, 5) is 38.7. The normalized spacial score (nSPS) is 18.9. The van der Waals surface area contributed by atoms with E-state index in [2.05, 4.69) is 10.3 Å². The highest BCUT2D eigenvalue weighted by Crippen LogP contribution is 2.25. The minimum atomic E-state index is -0.880. The molecule has 2 heterocycles. The zero-order valence-corrected chi connectivity index (χ0v) is 9.89. The number of anilines is 1. The van der Waals surface area contributed by atoms with Gasteiger partial charge >= 0.3 is 6.01 Å². The van der Waals surface area contributed by atoms with E-state index in [9.17, 15) is 14.4 Å². The SMILES string of the molecule is COc1nc(N)c(C2CC(=O)NC2=O)c(=O)n1C. The average Bonchev–Trinajstić information content (AvgIpc) is 2.63. The van der Waals surface area contributed by atoms with E-state index in [0.717, 1.165) is 4.57 Å². The maximum Gasteiger partial charge on any atom is 0.300 e. The van der Waals surface area contributed by atoms with E-state index in [-0.39, 0.29) is 23.8 Å². The van der Waals surface area contributed by atoms with E-state index in [1.807, 2.05) is 0 Å². The van der Waals surface area contributed by atoms with Crippen LogP contribution in [0.15, 0.2) is 4.79 Å². The summed E-state index contributed by atoms with van der Waals surface area (Å²) >= 11 is 0. The van der Waals surface area contributed by atoms with Gasteiger partial charge in [0.2, 0.25) is 11.8 Å². The maximum absolute atomic E-state index is 12.1. The molecule has 8 nitrogen and oxygen atoms in total. The van der Waals surface area contributed by atoms with Crippen molar-refractivity contribution in [2.45, 2.75) is 12.3 Å². The molecule has 96 valence electrons. The Hall–Kier alpha value is -2.38. The Bertz CT molecular complexity index is 592. The molecule has 1 aliphatic rings. The summed E-state index contributed by atoms with van der Waals surface area (Å²) in [6.07, 6.45) is -0.0910. The van der Waals surface area contributed by atoms with E-state index < -0.39 is 23.3 Å². The summed E-state index contributed by atoms with van der Waals surface area (Å²) in [6, 6.07) is 0.0472. The van der Waals surface area contributed by atoms with Crippen molar-refractivity contribution in [1.29, 1.82) is 0 Å². The van der Waals surface area contributed by atoms with Crippen LogP contribution in [-0.4, -0.2) is 28.5 Å².